The van der Waals surface area contributed by atoms with Gasteiger partial charge in [0.1, 0.15) is 5.60 Å². The molecule has 0 bridgehead atoms. The number of hydrogen-bond acceptors (Lipinski definition) is 3. The maximum absolute atomic E-state index is 5.96. The van der Waals surface area contributed by atoms with Crippen molar-refractivity contribution in [2.24, 2.45) is 0 Å². The zero-order chi connectivity index (χ0) is 8.60. The molecule has 0 unspecified atom stereocenters. The fraction of sp³-hybridized carbons (Fsp3) is 1.00. The number of hydrogen-bond donors (Lipinski definition) is 1. The SMILES string of the molecule is C[C@@H]1CNC[C@@]2(CCO[C@H]2C)O1. The number of morpholine rings is 1. The number of ether oxygens (including phenoxy) is 2. The molecular weight excluding hydrogens is 154 g/mol. The van der Waals surface area contributed by atoms with Gasteiger partial charge >= 0.3 is 0 Å². The Balaban J connectivity index is 2.08. The normalized spacial score (nSPS) is 48.5. The molecule has 0 aliphatic carbocycles. The highest BCUT2D eigenvalue weighted by atomic mass is 16.6. The molecule has 2 aliphatic heterocycles. The second-order valence-electron chi connectivity index (χ2n) is 3.89. The maximum atomic E-state index is 5.96. The van der Waals surface area contributed by atoms with Crippen molar-refractivity contribution in [1.82, 2.24) is 5.32 Å². The Hall–Kier alpha value is -0.120. The summed E-state index contributed by atoms with van der Waals surface area (Å²) in [7, 11) is 0. The summed E-state index contributed by atoms with van der Waals surface area (Å²) >= 11 is 0. The molecule has 0 amide bonds. The van der Waals surface area contributed by atoms with Crippen molar-refractivity contribution in [2.75, 3.05) is 19.7 Å². The first-order chi connectivity index (χ1) is 5.73. The number of nitrogens with one attached hydrogen (secondary N) is 1. The van der Waals surface area contributed by atoms with Gasteiger partial charge in [-0.1, -0.05) is 0 Å². The first kappa shape index (κ1) is 8.48. The third-order valence-electron chi connectivity index (χ3n) is 2.93. The fourth-order valence-electron chi connectivity index (χ4n) is 2.12. The summed E-state index contributed by atoms with van der Waals surface area (Å²) in [5, 5.41) is 3.39. The van der Waals surface area contributed by atoms with Gasteiger partial charge < -0.3 is 14.8 Å². The maximum Gasteiger partial charge on any atom is 0.109 e. The standard InChI is InChI=1S/C9H17NO2/c1-7-5-10-6-9(12-7)3-4-11-8(9)2/h7-8,10H,3-6H2,1-2H3/t7-,8+,9-/m1/s1. The molecule has 1 spiro atoms. The smallest absolute Gasteiger partial charge is 0.109 e. The van der Waals surface area contributed by atoms with Gasteiger partial charge in [-0.2, -0.15) is 0 Å². The van der Waals surface area contributed by atoms with Gasteiger partial charge in [0.05, 0.1) is 12.2 Å². The molecule has 2 saturated heterocycles. The zero-order valence-electron chi connectivity index (χ0n) is 7.80. The van der Waals surface area contributed by atoms with Gasteiger partial charge in [-0.15, -0.1) is 0 Å². The van der Waals surface area contributed by atoms with E-state index in [0.717, 1.165) is 26.1 Å². The second kappa shape index (κ2) is 2.98. The zero-order valence-corrected chi connectivity index (χ0v) is 7.80. The van der Waals surface area contributed by atoms with Crippen molar-refractivity contribution < 1.29 is 9.47 Å². The van der Waals surface area contributed by atoms with Gasteiger partial charge in [-0.25, -0.2) is 0 Å². The van der Waals surface area contributed by atoms with E-state index in [1.165, 1.54) is 0 Å². The second-order valence-corrected chi connectivity index (χ2v) is 3.89. The van der Waals surface area contributed by atoms with Gasteiger partial charge in [0, 0.05) is 26.1 Å². The van der Waals surface area contributed by atoms with Gasteiger partial charge in [0.2, 0.25) is 0 Å². The first-order valence-electron chi connectivity index (χ1n) is 4.73. The van der Waals surface area contributed by atoms with Crippen LogP contribution in [0.3, 0.4) is 0 Å². The third-order valence-corrected chi connectivity index (χ3v) is 2.93. The van der Waals surface area contributed by atoms with Gasteiger partial charge in [-0.3, -0.25) is 0 Å². The van der Waals surface area contributed by atoms with Crippen LogP contribution in [-0.4, -0.2) is 37.5 Å². The molecule has 3 atom stereocenters. The molecule has 1 N–H and O–H groups in total. The Bertz CT molecular complexity index is 174. The fourth-order valence-corrected chi connectivity index (χ4v) is 2.12. The highest BCUT2D eigenvalue weighted by molar-refractivity contribution is 4.96. The Morgan fingerprint density at radius 1 is 1.42 bits per heavy atom. The summed E-state index contributed by atoms with van der Waals surface area (Å²) in [5.74, 6) is 0. The van der Waals surface area contributed by atoms with Crippen molar-refractivity contribution in [2.45, 2.75) is 38.1 Å². The molecule has 0 aromatic carbocycles. The third kappa shape index (κ3) is 1.26. The van der Waals surface area contributed by atoms with Gasteiger partial charge in [0.25, 0.3) is 0 Å². The topological polar surface area (TPSA) is 30.5 Å². The van der Waals surface area contributed by atoms with Crippen LogP contribution in [0, 0.1) is 0 Å². The lowest BCUT2D eigenvalue weighted by atomic mass is 9.94. The molecule has 12 heavy (non-hydrogen) atoms. The average molecular weight is 171 g/mol. The molecule has 0 radical (unpaired) electrons. The van der Waals surface area contributed by atoms with Crippen molar-refractivity contribution in [3.8, 4) is 0 Å². The summed E-state index contributed by atoms with van der Waals surface area (Å²) in [5.41, 5.74) is -0.0301. The molecule has 70 valence electrons. The summed E-state index contributed by atoms with van der Waals surface area (Å²) in [4.78, 5) is 0. The predicted molar refractivity (Wildman–Crippen MR) is 46.2 cm³/mol. The molecule has 2 aliphatic rings. The van der Waals surface area contributed by atoms with Crippen molar-refractivity contribution >= 4 is 0 Å². The van der Waals surface area contributed by atoms with Crippen LogP contribution in [0.25, 0.3) is 0 Å². The van der Waals surface area contributed by atoms with Crippen molar-refractivity contribution in [1.29, 1.82) is 0 Å². The molecule has 2 heterocycles. The van der Waals surface area contributed by atoms with E-state index in [0.29, 0.717) is 6.10 Å². The van der Waals surface area contributed by atoms with Crippen LogP contribution in [0.15, 0.2) is 0 Å². The van der Waals surface area contributed by atoms with Crippen LogP contribution in [0.2, 0.25) is 0 Å². The Kier molecular flexibility index (Phi) is 2.10. The van der Waals surface area contributed by atoms with Crippen molar-refractivity contribution in [3.05, 3.63) is 0 Å². The van der Waals surface area contributed by atoms with Crippen LogP contribution in [0.4, 0.5) is 0 Å². The molecule has 0 aromatic heterocycles. The molecule has 3 nitrogen and oxygen atoms in total. The lowest BCUT2D eigenvalue weighted by Crippen LogP contribution is -2.56. The Morgan fingerprint density at radius 3 is 2.83 bits per heavy atom. The molecule has 3 heteroatoms. The molecule has 0 saturated carbocycles. The molecule has 2 fully saturated rings. The van der Waals surface area contributed by atoms with E-state index in [2.05, 4.69) is 19.2 Å². The minimum atomic E-state index is -0.0301. The van der Waals surface area contributed by atoms with E-state index < -0.39 is 0 Å². The molecule has 0 aromatic rings. The Morgan fingerprint density at radius 2 is 2.25 bits per heavy atom. The van der Waals surface area contributed by atoms with Crippen LogP contribution in [-0.2, 0) is 9.47 Å². The first-order valence-corrected chi connectivity index (χ1v) is 4.73. The highest BCUT2D eigenvalue weighted by Crippen LogP contribution is 2.32. The largest absolute Gasteiger partial charge is 0.375 e. The van der Waals surface area contributed by atoms with E-state index >= 15 is 0 Å². The highest BCUT2D eigenvalue weighted by Gasteiger charge is 2.45. The van der Waals surface area contributed by atoms with Crippen LogP contribution in [0.5, 0.6) is 0 Å². The van der Waals surface area contributed by atoms with Gasteiger partial charge in [0.15, 0.2) is 0 Å². The average Bonchev–Trinajstić information content (AvgIpc) is 2.33. The summed E-state index contributed by atoms with van der Waals surface area (Å²) < 4.78 is 11.5. The van der Waals surface area contributed by atoms with Crippen LogP contribution < -0.4 is 5.32 Å². The van der Waals surface area contributed by atoms with E-state index in [1.807, 2.05) is 0 Å². The minimum Gasteiger partial charge on any atom is -0.375 e. The summed E-state index contributed by atoms with van der Waals surface area (Å²) in [6.45, 7) is 6.97. The summed E-state index contributed by atoms with van der Waals surface area (Å²) in [6.07, 6.45) is 1.60. The molecular formula is C9H17NO2. The van der Waals surface area contributed by atoms with Crippen LogP contribution >= 0.6 is 0 Å². The quantitative estimate of drug-likeness (QED) is 0.577. The van der Waals surface area contributed by atoms with Gasteiger partial charge in [-0.05, 0) is 13.8 Å². The predicted octanol–water partition coefficient (Wildman–Crippen LogP) is 0.542. The summed E-state index contributed by atoms with van der Waals surface area (Å²) in [6, 6.07) is 0. The molecule has 2 rings (SSSR count). The minimum absolute atomic E-state index is 0.0301. The van der Waals surface area contributed by atoms with E-state index in [-0.39, 0.29) is 11.7 Å². The number of rotatable bonds is 0. The van der Waals surface area contributed by atoms with E-state index in [9.17, 15) is 0 Å². The lowest BCUT2D eigenvalue weighted by Gasteiger charge is -2.39. The Labute approximate surface area is 73.4 Å². The van der Waals surface area contributed by atoms with Crippen LogP contribution in [0.1, 0.15) is 20.3 Å². The lowest BCUT2D eigenvalue weighted by molar-refractivity contribution is -0.135. The van der Waals surface area contributed by atoms with Crippen molar-refractivity contribution in [3.63, 3.8) is 0 Å². The van der Waals surface area contributed by atoms with E-state index in [1.54, 1.807) is 0 Å². The van der Waals surface area contributed by atoms with E-state index in [4.69, 9.17) is 9.47 Å². The monoisotopic (exact) mass is 171 g/mol.